The summed E-state index contributed by atoms with van der Waals surface area (Å²) in [6.07, 6.45) is 4.39. The molecule has 1 N–H and O–H groups in total. The molecule has 1 aromatic rings. The molecule has 5 heteroatoms. The van der Waals surface area contributed by atoms with Crippen molar-refractivity contribution in [3.05, 3.63) is 31.8 Å². The maximum Gasteiger partial charge on any atom is 0.252 e. The lowest BCUT2D eigenvalue weighted by Crippen LogP contribution is -2.37. The minimum Gasteiger partial charge on any atom is -0.349 e. The molecule has 0 saturated heterocycles. The van der Waals surface area contributed by atoms with Crippen molar-refractivity contribution in [3.63, 3.8) is 0 Å². The molecule has 1 saturated carbocycles. The zero-order chi connectivity index (χ0) is 13.1. The van der Waals surface area contributed by atoms with Crippen LogP contribution in [0.2, 0.25) is 0 Å². The highest BCUT2D eigenvalue weighted by Gasteiger charge is 2.21. The molecular weight excluding hydrogens is 473 g/mol. The van der Waals surface area contributed by atoms with Crippen molar-refractivity contribution in [1.29, 1.82) is 0 Å². The molecular formula is C13H14Br2INO. The first-order valence-electron chi connectivity index (χ1n) is 5.96. The summed E-state index contributed by atoms with van der Waals surface area (Å²) in [6.45, 7) is 0. The summed E-state index contributed by atoms with van der Waals surface area (Å²) in [5.74, 6) is 0.0263. The first-order chi connectivity index (χ1) is 8.56. The topological polar surface area (TPSA) is 29.1 Å². The minimum atomic E-state index is 0.0263. The molecule has 2 nitrogen and oxygen atoms in total. The zero-order valence-electron chi connectivity index (χ0n) is 9.76. The predicted molar refractivity (Wildman–Crippen MR) is 89.3 cm³/mol. The summed E-state index contributed by atoms with van der Waals surface area (Å²) in [6, 6.07) is 6.13. The van der Waals surface area contributed by atoms with Crippen LogP contribution >= 0.6 is 54.5 Å². The molecule has 0 unspecified atom stereocenters. The van der Waals surface area contributed by atoms with Crippen LogP contribution in [-0.4, -0.2) is 16.8 Å². The zero-order valence-corrected chi connectivity index (χ0v) is 15.1. The summed E-state index contributed by atoms with van der Waals surface area (Å²) in [4.78, 5) is 12.8. The molecule has 0 radical (unpaired) electrons. The number of amides is 1. The van der Waals surface area contributed by atoms with Crippen molar-refractivity contribution in [2.24, 2.45) is 0 Å². The fraction of sp³-hybridized carbons (Fsp3) is 0.462. The molecule has 0 aliphatic heterocycles. The third-order valence-electron chi connectivity index (χ3n) is 3.16. The van der Waals surface area contributed by atoms with Crippen LogP contribution in [0.15, 0.2) is 22.7 Å². The Kier molecular flexibility index (Phi) is 5.50. The summed E-state index contributed by atoms with van der Waals surface area (Å²) in [5.41, 5.74) is 0.725. The number of carbonyl (C=O) groups is 1. The molecule has 0 aromatic heterocycles. The number of hydrogen-bond donors (Lipinski definition) is 1. The Bertz CT molecular complexity index is 445. The molecule has 1 amide bonds. The van der Waals surface area contributed by atoms with E-state index >= 15 is 0 Å². The van der Waals surface area contributed by atoms with Gasteiger partial charge in [-0.25, -0.2) is 0 Å². The Balaban J connectivity index is 2.01. The van der Waals surface area contributed by atoms with Gasteiger partial charge in [-0.2, -0.15) is 0 Å². The summed E-state index contributed by atoms with van der Waals surface area (Å²) in [7, 11) is 0. The Morgan fingerprint density at radius 1 is 1.28 bits per heavy atom. The van der Waals surface area contributed by atoms with Crippen molar-refractivity contribution < 1.29 is 4.79 Å². The second kappa shape index (κ2) is 6.70. The maximum absolute atomic E-state index is 12.2. The molecule has 2 rings (SSSR count). The number of benzene rings is 1. The first-order valence-corrected chi connectivity index (χ1v) is 8.75. The predicted octanol–water partition coefficient (Wildman–Crippen LogP) is 4.49. The van der Waals surface area contributed by atoms with E-state index in [4.69, 9.17) is 0 Å². The largest absolute Gasteiger partial charge is 0.349 e. The lowest BCUT2D eigenvalue weighted by atomic mass is 9.95. The van der Waals surface area contributed by atoms with E-state index < -0.39 is 0 Å². The van der Waals surface area contributed by atoms with E-state index in [1.54, 1.807) is 0 Å². The van der Waals surface area contributed by atoms with Crippen molar-refractivity contribution in [1.82, 2.24) is 5.32 Å². The molecule has 1 aliphatic carbocycles. The van der Waals surface area contributed by atoms with Crippen molar-refractivity contribution in [3.8, 4) is 0 Å². The number of halogens is 3. The Morgan fingerprint density at radius 2 is 1.94 bits per heavy atom. The Hall–Kier alpha value is 0.380. The highest BCUT2D eigenvalue weighted by Crippen LogP contribution is 2.25. The van der Waals surface area contributed by atoms with Crippen LogP contribution in [-0.2, 0) is 0 Å². The van der Waals surface area contributed by atoms with Gasteiger partial charge >= 0.3 is 0 Å². The summed E-state index contributed by atoms with van der Waals surface area (Å²) >= 11 is 9.28. The fourth-order valence-electron chi connectivity index (χ4n) is 2.13. The fourth-order valence-corrected chi connectivity index (χ4v) is 3.58. The van der Waals surface area contributed by atoms with E-state index in [1.165, 1.54) is 0 Å². The van der Waals surface area contributed by atoms with E-state index in [1.807, 2.05) is 18.2 Å². The van der Waals surface area contributed by atoms with Gasteiger partial charge in [0.1, 0.15) is 0 Å². The van der Waals surface area contributed by atoms with Gasteiger partial charge in [0, 0.05) is 18.9 Å². The Labute approximate surface area is 138 Å². The summed E-state index contributed by atoms with van der Waals surface area (Å²) in [5, 5.41) is 3.13. The molecule has 1 fully saturated rings. The highest BCUT2D eigenvalue weighted by molar-refractivity contribution is 14.1. The van der Waals surface area contributed by atoms with Crippen molar-refractivity contribution >= 4 is 60.4 Å². The average Bonchev–Trinajstić information content (AvgIpc) is 2.35. The molecule has 0 heterocycles. The van der Waals surface area contributed by atoms with E-state index in [2.05, 4.69) is 59.8 Å². The van der Waals surface area contributed by atoms with Crippen LogP contribution in [0.5, 0.6) is 0 Å². The second-order valence-electron chi connectivity index (χ2n) is 4.55. The average molecular weight is 487 g/mol. The number of alkyl halides is 1. The van der Waals surface area contributed by atoms with Crippen LogP contribution in [0.3, 0.4) is 0 Å². The van der Waals surface area contributed by atoms with Gasteiger partial charge in [0.2, 0.25) is 0 Å². The summed E-state index contributed by atoms with van der Waals surface area (Å²) < 4.78 is 1.93. The van der Waals surface area contributed by atoms with Gasteiger partial charge < -0.3 is 5.32 Å². The van der Waals surface area contributed by atoms with Crippen LogP contribution < -0.4 is 5.32 Å². The third kappa shape index (κ3) is 3.93. The third-order valence-corrected chi connectivity index (χ3v) is 5.44. The van der Waals surface area contributed by atoms with Gasteiger partial charge in [0.05, 0.1) is 5.56 Å². The molecule has 18 heavy (non-hydrogen) atoms. The van der Waals surface area contributed by atoms with Crippen LogP contribution in [0.1, 0.15) is 36.0 Å². The number of nitrogens with one attached hydrogen (secondary N) is 1. The van der Waals surface area contributed by atoms with E-state index in [0.29, 0.717) is 10.9 Å². The smallest absolute Gasteiger partial charge is 0.252 e. The number of hydrogen-bond acceptors (Lipinski definition) is 1. The van der Waals surface area contributed by atoms with Gasteiger partial charge in [-0.3, -0.25) is 4.79 Å². The Morgan fingerprint density at radius 3 is 2.61 bits per heavy atom. The molecule has 1 aromatic carbocycles. The normalized spacial score (nSPS) is 23.7. The minimum absolute atomic E-state index is 0.0263. The second-order valence-corrected chi connectivity index (χ2v) is 7.94. The molecule has 1 aliphatic rings. The van der Waals surface area contributed by atoms with E-state index in [0.717, 1.165) is 39.3 Å². The van der Waals surface area contributed by atoms with Crippen LogP contribution in [0.25, 0.3) is 0 Å². The molecule has 0 bridgehead atoms. The van der Waals surface area contributed by atoms with Gasteiger partial charge in [-0.05, 0) is 82.4 Å². The van der Waals surface area contributed by atoms with Gasteiger partial charge in [0.15, 0.2) is 0 Å². The number of carbonyl (C=O) groups excluding carboxylic acids is 1. The van der Waals surface area contributed by atoms with Gasteiger partial charge in [-0.1, -0.05) is 15.9 Å². The lowest BCUT2D eigenvalue weighted by molar-refractivity contribution is 0.0927. The van der Waals surface area contributed by atoms with Crippen molar-refractivity contribution in [2.75, 3.05) is 0 Å². The first kappa shape index (κ1) is 14.8. The quantitative estimate of drug-likeness (QED) is 0.484. The van der Waals surface area contributed by atoms with E-state index in [9.17, 15) is 4.79 Å². The highest BCUT2D eigenvalue weighted by atomic mass is 127. The number of rotatable bonds is 2. The maximum atomic E-state index is 12.2. The molecule has 98 valence electrons. The van der Waals surface area contributed by atoms with Crippen LogP contribution in [0, 0.1) is 3.57 Å². The van der Waals surface area contributed by atoms with Crippen molar-refractivity contribution in [2.45, 2.75) is 36.6 Å². The van der Waals surface area contributed by atoms with Gasteiger partial charge in [-0.15, -0.1) is 0 Å². The molecule has 0 atom stereocenters. The lowest BCUT2D eigenvalue weighted by Gasteiger charge is -2.26. The van der Waals surface area contributed by atoms with Crippen LogP contribution in [0.4, 0.5) is 0 Å². The molecule has 0 spiro atoms. The van der Waals surface area contributed by atoms with Gasteiger partial charge in [0.25, 0.3) is 5.91 Å². The standard InChI is InChI=1S/C13H14Br2INO/c14-8-1-4-10(5-2-8)17-13(18)11-7-9(16)3-6-12(11)15/h3,6-8,10H,1-2,4-5H2,(H,17,18). The van der Waals surface area contributed by atoms with E-state index in [-0.39, 0.29) is 5.91 Å². The SMILES string of the molecule is O=C(NC1CCC(Br)CC1)c1cc(I)ccc1Br. The monoisotopic (exact) mass is 485 g/mol.